The summed E-state index contributed by atoms with van der Waals surface area (Å²) >= 11 is 0. The summed E-state index contributed by atoms with van der Waals surface area (Å²) in [5.74, 6) is -1.94. The first-order chi connectivity index (χ1) is 17.6. The highest BCUT2D eigenvalue weighted by Gasteiger charge is 2.48. The Hall–Kier alpha value is -3.68. The average molecular weight is 508 g/mol. The molecule has 0 saturated carbocycles. The lowest BCUT2D eigenvalue weighted by atomic mass is 9.91. The lowest BCUT2D eigenvalue weighted by molar-refractivity contribution is -0.142. The van der Waals surface area contributed by atoms with Crippen molar-refractivity contribution in [2.75, 3.05) is 6.54 Å². The zero-order valence-electron chi connectivity index (χ0n) is 22.0. The van der Waals surface area contributed by atoms with Crippen molar-refractivity contribution in [3.8, 4) is 0 Å². The van der Waals surface area contributed by atoms with Crippen molar-refractivity contribution in [3.63, 3.8) is 0 Å². The molecule has 0 radical (unpaired) electrons. The van der Waals surface area contributed by atoms with Gasteiger partial charge in [-0.3, -0.25) is 19.3 Å². The first kappa shape index (κ1) is 27.9. The maximum absolute atomic E-state index is 13.5. The number of hydrogen-bond acceptors (Lipinski definition) is 4. The SMILES string of the molecule is CCCC[C@@H](C(=O)C(=O)N[C@H](C)c1ccccc1)N(C(=O)O)C1CC(C)(C)CN1C(=O)c1ccccc1. The van der Waals surface area contributed by atoms with E-state index in [1.54, 1.807) is 37.3 Å². The van der Waals surface area contributed by atoms with Crippen molar-refractivity contribution in [1.29, 1.82) is 0 Å². The standard InChI is InChI=1S/C29H37N3O5/c1-5-6-17-23(25(33)26(34)30-20(2)21-13-9-7-10-14-21)32(28(36)37)24-18-29(3,4)19-31(24)27(35)22-15-11-8-12-16-22/h7-16,20,23-24H,5-6,17-19H2,1-4H3,(H,30,34)(H,36,37)/t20-,23+,24?/m1/s1. The molecule has 37 heavy (non-hydrogen) atoms. The molecule has 3 amide bonds. The maximum Gasteiger partial charge on any atom is 0.409 e. The van der Waals surface area contributed by atoms with Crippen LogP contribution in [0.2, 0.25) is 0 Å². The Bertz CT molecular complexity index is 1100. The molecule has 8 heteroatoms. The molecule has 198 valence electrons. The molecule has 3 atom stereocenters. The van der Waals surface area contributed by atoms with Crippen molar-refractivity contribution in [1.82, 2.24) is 15.1 Å². The molecule has 0 aliphatic carbocycles. The summed E-state index contributed by atoms with van der Waals surface area (Å²) < 4.78 is 0. The van der Waals surface area contributed by atoms with Gasteiger partial charge in [-0.25, -0.2) is 4.79 Å². The molecule has 2 aromatic carbocycles. The van der Waals surface area contributed by atoms with E-state index < -0.39 is 36.0 Å². The highest BCUT2D eigenvalue weighted by Crippen LogP contribution is 2.38. The Morgan fingerprint density at radius 2 is 1.65 bits per heavy atom. The maximum atomic E-state index is 13.5. The molecule has 1 heterocycles. The molecule has 1 aliphatic heterocycles. The number of benzene rings is 2. The van der Waals surface area contributed by atoms with Gasteiger partial charge in [0.2, 0.25) is 5.78 Å². The van der Waals surface area contributed by atoms with E-state index >= 15 is 0 Å². The van der Waals surface area contributed by atoms with Crippen molar-refractivity contribution in [3.05, 3.63) is 71.8 Å². The third kappa shape index (κ3) is 6.76. The second kappa shape index (κ2) is 12.0. The first-order valence-electron chi connectivity index (χ1n) is 12.8. The quantitative estimate of drug-likeness (QED) is 0.446. The second-order valence-corrected chi connectivity index (χ2v) is 10.5. The molecule has 1 saturated heterocycles. The zero-order valence-corrected chi connectivity index (χ0v) is 22.0. The average Bonchev–Trinajstić information content (AvgIpc) is 3.20. The number of unbranched alkanes of at least 4 members (excludes halogenated alkanes) is 1. The molecule has 2 N–H and O–H groups in total. The monoisotopic (exact) mass is 507 g/mol. The van der Waals surface area contributed by atoms with Gasteiger partial charge >= 0.3 is 6.09 Å². The van der Waals surface area contributed by atoms with E-state index in [0.29, 0.717) is 24.9 Å². The normalized spacial score (nSPS) is 18.1. The Kier molecular flexibility index (Phi) is 9.08. The number of Topliss-reactive ketones (excluding diaryl/α,β-unsaturated/α-hetero) is 1. The van der Waals surface area contributed by atoms with E-state index in [1.165, 1.54) is 4.90 Å². The number of carboxylic acid groups (broad SMARTS) is 1. The summed E-state index contributed by atoms with van der Waals surface area (Å²) in [6.07, 6.45) is -0.362. The number of amides is 3. The molecule has 0 aromatic heterocycles. The summed E-state index contributed by atoms with van der Waals surface area (Å²) in [7, 11) is 0. The number of nitrogens with one attached hydrogen (secondary N) is 1. The summed E-state index contributed by atoms with van der Waals surface area (Å²) in [6, 6.07) is 16.3. The van der Waals surface area contributed by atoms with Crippen molar-refractivity contribution in [2.45, 2.75) is 71.6 Å². The van der Waals surface area contributed by atoms with Crippen LogP contribution in [0.15, 0.2) is 60.7 Å². The van der Waals surface area contributed by atoms with Crippen LogP contribution in [0.5, 0.6) is 0 Å². The summed E-state index contributed by atoms with van der Waals surface area (Å²) in [5.41, 5.74) is 0.910. The van der Waals surface area contributed by atoms with E-state index in [-0.39, 0.29) is 17.7 Å². The van der Waals surface area contributed by atoms with Gasteiger partial charge in [-0.2, -0.15) is 0 Å². The molecule has 8 nitrogen and oxygen atoms in total. The Labute approximate surface area is 218 Å². The Morgan fingerprint density at radius 3 is 2.22 bits per heavy atom. The number of ketones is 1. The molecule has 1 aliphatic rings. The molecule has 2 aromatic rings. The van der Waals surface area contributed by atoms with Gasteiger partial charge in [-0.15, -0.1) is 0 Å². The zero-order chi connectivity index (χ0) is 27.2. The molecular formula is C29H37N3O5. The first-order valence-corrected chi connectivity index (χ1v) is 12.8. The van der Waals surface area contributed by atoms with Gasteiger partial charge in [0, 0.05) is 12.1 Å². The molecule has 0 bridgehead atoms. The topological polar surface area (TPSA) is 107 Å². The number of rotatable bonds is 10. The lowest BCUT2D eigenvalue weighted by Gasteiger charge is -2.37. The third-order valence-corrected chi connectivity index (χ3v) is 6.86. The van der Waals surface area contributed by atoms with Crippen LogP contribution in [0.25, 0.3) is 0 Å². The number of likely N-dealkylation sites (tertiary alicyclic amines) is 1. The highest BCUT2D eigenvalue weighted by atomic mass is 16.4. The highest BCUT2D eigenvalue weighted by molar-refractivity contribution is 6.38. The van der Waals surface area contributed by atoms with E-state index in [0.717, 1.165) is 16.9 Å². The largest absolute Gasteiger partial charge is 0.465 e. The fourth-order valence-corrected chi connectivity index (χ4v) is 4.94. The number of carbonyl (C=O) groups is 4. The summed E-state index contributed by atoms with van der Waals surface area (Å²) in [6.45, 7) is 7.98. The summed E-state index contributed by atoms with van der Waals surface area (Å²) in [5, 5.41) is 13.1. The van der Waals surface area contributed by atoms with Crippen LogP contribution < -0.4 is 5.32 Å². The fraction of sp³-hybridized carbons (Fsp3) is 0.448. The fourth-order valence-electron chi connectivity index (χ4n) is 4.94. The van der Waals surface area contributed by atoms with Crippen LogP contribution in [0.1, 0.15) is 75.3 Å². The van der Waals surface area contributed by atoms with Gasteiger partial charge in [0.15, 0.2) is 0 Å². The lowest BCUT2D eigenvalue weighted by Crippen LogP contribution is -2.58. The molecule has 1 unspecified atom stereocenters. The summed E-state index contributed by atoms with van der Waals surface area (Å²) in [4.78, 5) is 55.3. The van der Waals surface area contributed by atoms with Gasteiger partial charge in [-0.05, 0) is 42.9 Å². The van der Waals surface area contributed by atoms with Crippen LogP contribution in [0.3, 0.4) is 0 Å². The van der Waals surface area contributed by atoms with E-state index in [9.17, 15) is 24.3 Å². The minimum atomic E-state index is -1.33. The number of carbonyl (C=O) groups excluding carboxylic acids is 3. The van der Waals surface area contributed by atoms with E-state index in [1.807, 2.05) is 51.1 Å². The molecule has 0 spiro atoms. The van der Waals surface area contributed by atoms with Crippen LogP contribution in [-0.4, -0.2) is 57.3 Å². The molecular weight excluding hydrogens is 470 g/mol. The minimum absolute atomic E-state index is 0.194. The van der Waals surface area contributed by atoms with Crippen LogP contribution in [0.4, 0.5) is 4.79 Å². The third-order valence-electron chi connectivity index (χ3n) is 6.86. The van der Waals surface area contributed by atoms with Gasteiger partial charge in [-0.1, -0.05) is 82.1 Å². The smallest absolute Gasteiger partial charge is 0.409 e. The van der Waals surface area contributed by atoms with E-state index in [4.69, 9.17) is 0 Å². The van der Waals surface area contributed by atoms with Gasteiger partial charge < -0.3 is 15.3 Å². The van der Waals surface area contributed by atoms with Crippen LogP contribution >= 0.6 is 0 Å². The number of hydrogen-bond donors (Lipinski definition) is 2. The van der Waals surface area contributed by atoms with Crippen molar-refractivity contribution < 1.29 is 24.3 Å². The van der Waals surface area contributed by atoms with E-state index in [2.05, 4.69) is 5.32 Å². The van der Waals surface area contributed by atoms with Crippen LogP contribution in [-0.2, 0) is 9.59 Å². The van der Waals surface area contributed by atoms with Crippen molar-refractivity contribution >= 4 is 23.7 Å². The Morgan fingerprint density at radius 1 is 1.05 bits per heavy atom. The van der Waals surface area contributed by atoms with Crippen LogP contribution in [0, 0.1) is 5.41 Å². The Balaban J connectivity index is 1.92. The predicted octanol–water partition coefficient (Wildman–Crippen LogP) is 4.87. The van der Waals surface area contributed by atoms with Gasteiger partial charge in [0.1, 0.15) is 12.2 Å². The second-order valence-electron chi connectivity index (χ2n) is 10.5. The molecule has 3 rings (SSSR count). The van der Waals surface area contributed by atoms with Crippen molar-refractivity contribution in [2.24, 2.45) is 5.41 Å². The van der Waals surface area contributed by atoms with Gasteiger partial charge in [0.25, 0.3) is 11.8 Å². The predicted molar refractivity (Wildman–Crippen MR) is 141 cm³/mol. The van der Waals surface area contributed by atoms with Gasteiger partial charge in [0.05, 0.1) is 6.04 Å². The number of nitrogens with zero attached hydrogens (tertiary/aromatic N) is 2. The minimum Gasteiger partial charge on any atom is -0.465 e. The molecule has 1 fully saturated rings.